The molecule has 4 aromatic rings. The van der Waals surface area contributed by atoms with Crippen molar-refractivity contribution in [1.82, 2.24) is 9.97 Å². The number of benzene rings is 2. The molecule has 170 valence electrons. The van der Waals surface area contributed by atoms with Crippen LogP contribution in [0.2, 0.25) is 0 Å². The maximum absolute atomic E-state index is 12.3. The second kappa shape index (κ2) is 11.6. The van der Waals surface area contributed by atoms with E-state index in [2.05, 4.69) is 9.97 Å². The number of hydrogen-bond donors (Lipinski definition) is 2. The Kier molecular flexibility index (Phi) is 8.37. The molecule has 0 fully saturated rings. The molecule has 0 amide bonds. The quantitative estimate of drug-likeness (QED) is 0.383. The maximum atomic E-state index is 12.3. The van der Waals surface area contributed by atoms with Gasteiger partial charge >= 0.3 is 0 Å². The molecule has 2 aromatic carbocycles. The lowest BCUT2D eigenvalue weighted by atomic mass is 10.1. The molecular weight excluding hydrogens is 440 g/mol. The summed E-state index contributed by atoms with van der Waals surface area (Å²) in [6, 6.07) is 15.7. The first-order valence-corrected chi connectivity index (χ1v) is 10.9. The number of phenolic OH excluding ortho intramolecular Hbond substituents is 2. The van der Waals surface area contributed by atoms with E-state index in [1.165, 1.54) is 23.5 Å². The lowest BCUT2D eigenvalue weighted by Crippen LogP contribution is -2.06. The van der Waals surface area contributed by atoms with Crippen LogP contribution in [0, 0.1) is 0 Å². The Bertz CT molecular complexity index is 1170. The van der Waals surface area contributed by atoms with Crippen molar-refractivity contribution in [1.29, 1.82) is 0 Å². The van der Waals surface area contributed by atoms with Crippen LogP contribution < -0.4 is 9.47 Å². The normalized spacial score (nSPS) is 10.1. The number of carbonyl (C=O) groups excluding carboxylic acids is 1. The Morgan fingerprint density at radius 3 is 2.27 bits per heavy atom. The number of thiazole rings is 1. The largest absolute Gasteiger partial charge is 0.504 e. The summed E-state index contributed by atoms with van der Waals surface area (Å²) in [5.41, 5.74) is 2.23. The average molecular weight is 465 g/mol. The number of ketones is 1. The van der Waals surface area contributed by atoms with Crippen LogP contribution in [0.15, 0.2) is 72.4 Å². The molecule has 0 spiro atoms. The summed E-state index contributed by atoms with van der Waals surface area (Å²) in [4.78, 5) is 20.6. The van der Waals surface area contributed by atoms with Gasteiger partial charge in [0.05, 0.1) is 19.9 Å². The van der Waals surface area contributed by atoms with E-state index in [-0.39, 0.29) is 30.1 Å². The summed E-state index contributed by atoms with van der Waals surface area (Å²) in [7, 11) is 3.16. The Morgan fingerprint density at radius 2 is 1.67 bits per heavy atom. The molecule has 0 aliphatic rings. The molecule has 0 saturated heterocycles. The number of pyridine rings is 1. The Balaban J connectivity index is 0.000000442. The predicted octanol–water partition coefficient (Wildman–Crippen LogP) is 4.67. The number of Topliss-reactive ketones (excluding diaryl/α,β-unsaturated/α-hetero) is 1. The highest BCUT2D eigenvalue weighted by atomic mass is 32.1. The number of ether oxygens (including phenoxy) is 2. The number of carbonyl (C=O) groups is 1. The lowest BCUT2D eigenvalue weighted by molar-refractivity contribution is -0.117. The van der Waals surface area contributed by atoms with E-state index < -0.39 is 0 Å². The highest BCUT2D eigenvalue weighted by Crippen LogP contribution is 2.33. The van der Waals surface area contributed by atoms with E-state index in [0.29, 0.717) is 22.8 Å². The van der Waals surface area contributed by atoms with Gasteiger partial charge in [-0.25, -0.2) is 4.98 Å². The zero-order chi connectivity index (χ0) is 23.6. The molecule has 2 heterocycles. The van der Waals surface area contributed by atoms with Crippen molar-refractivity contribution >= 4 is 17.1 Å². The fraction of sp³-hybridized carbons (Fsp3) is 0.160. The number of hydrogen-bond acceptors (Lipinski definition) is 8. The van der Waals surface area contributed by atoms with Crippen molar-refractivity contribution in [2.75, 3.05) is 14.2 Å². The molecule has 33 heavy (non-hydrogen) atoms. The van der Waals surface area contributed by atoms with Gasteiger partial charge in [0.15, 0.2) is 23.0 Å². The standard InChI is InChI=1S/C20H19NO5S.C5H5N/c1-25-18-6-4-13(9-19(18)26-2)20-21-14(11-27-20)10-15(22)7-12-3-5-16(23)17(24)8-12;1-2-4-6-5-3-1/h3-6,8-9,11,23-24H,7,10H2,1-2H3;1-5H. The summed E-state index contributed by atoms with van der Waals surface area (Å²) in [6.45, 7) is 0. The van der Waals surface area contributed by atoms with Gasteiger partial charge in [-0.2, -0.15) is 0 Å². The van der Waals surface area contributed by atoms with E-state index in [4.69, 9.17) is 9.47 Å². The Hall–Kier alpha value is -3.91. The number of aromatic hydroxyl groups is 2. The van der Waals surface area contributed by atoms with E-state index in [0.717, 1.165) is 10.6 Å². The third-order valence-corrected chi connectivity index (χ3v) is 5.51. The topological polar surface area (TPSA) is 102 Å². The highest BCUT2D eigenvalue weighted by Gasteiger charge is 2.13. The molecule has 2 aromatic heterocycles. The first-order chi connectivity index (χ1) is 16.0. The molecule has 0 aliphatic heterocycles. The number of phenols is 2. The van der Waals surface area contributed by atoms with Gasteiger partial charge in [-0.15, -0.1) is 11.3 Å². The van der Waals surface area contributed by atoms with Crippen molar-refractivity contribution in [3.8, 4) is 33.6 Å². The maximum Gasteiger partial charge on any atom is 0.161 e. The van der Waals surface area contributed by atoms with Crippen molar-refractivity contribution < 1.29 is 24.5 Å². The van der Waals surface area contributed by atoms with Crippen molar-refractivity contribution in [2.45, 2.75) is 12.8 Å². The van der Waals surface area contributed by atoms with Crippen LogP contribution in [0.1, 0.15) is 11.3 Å². The first-order valence-electron chi connectivity index (χ1n) is 10.0. The molecule has 0 aliphatic carbocycles. The molecule has 0 radical (unpaired) electrons. The summed E-state index contributed by atoms with van der Waals surface area (Å²) in [5.74, 6) is 0.805. The zero-order valence-corrected chi connectivity index (χ0v) is 19.1. The van der Waals surface area contributed by atoms with Gasteiger partial charge in [-0.05, 0) is 48.0 Å². The molecule has 0 saturated carbocycles. The molecule has 0 atom stereocenters. The molecule has 0 unspecified atom stereocenters. The molecule has 2 N–H and O–H groups in total. The van der Waals surface area contributed by atoms with E-state index in [1.54, 1.807) is 32.7 Å². The van der Waals surface area contributed by atoms with Gasteiger partial charge in [0, 0.05) is 36.2 Å². The van der Waals surface area contributed by atoms with Gasteiger partial charge < -0.3 is 19.7 Å². The van der Waals surface area contributed by atoms with Crippen LogP contribution >= 0.6 is 11.3 Å². The van der Waals surface area contributed by atoms with Crippen LogP contribution in [0.3, 0.4) is 0 Å². The van der Waals surface area contributed by atoms with Crippen molar-refractivity contribution in [3.63, 3.8) is 0 Å². The highest BCUT2D eigenvalue weighted by molar-refractivity contribution is 7.13. The summed E-state index contributed by atoms with van der Waals surface area (Å²) >= 11 is 1.46. The summed E-state index contributed by atoms with van der Waals surface area (Å²) < 4.78 is 10.6. The molecular formula is C25H24N2O5S. The van der Waals surface area contributed by atoms with E-state index >= 15 is 0 Å². The van der Waals surface area contributed by atoms with Crippen LogP contribution in [0.4, 0.5) is 0 Å². The number of rotatable bonds is 7. The van der Waals surface area contributed by atoms with Gasteiger partial charge in [-0.3, -0.25) is 9.78 Å². The number of aromatic nitrogens is 2. The van der Waals surface area contributed by atoms with E-state index in [9.17, 15) is 15.0 Å². The minimum atomic E-state index is -0.232. The minimum absolute atomic E-state index is 0.0238. The van der Waals surface area contributed by atoms with Gasteiger partial charge in [0.2, 0.25) is 0 Å². The zero-order valence-electron chi connectivity index (χ0n) is 18.3. The monoisotopic (exact) mass is 464 g/mol. The van der Waals surface area contributed by atoms with Crippen molar-refractivity contribution in [3.05, 3.63) is 83.6 Å². The fourth-order valence-electron chi connectivity index (χ4n) is 2.97. The average Bonchev–Trinajstić information content (AvgIpc) is 3.30. The number of nitrogens with zero attached hydrogens (tertiary/aromatic N) is 2. The molecule has 7 nitrogen and oxygen atoms in total. The van der Waals surface area contributed by atoms with Crippen LogP contribution in [0.25, 0.3) is 10.6 Å². The SMILES string of the molecule is COc1ccc(-c2nc(CC(=O)Cc3ccc(O)c(O)c3)cs2)cc1OC.c1ccncc1. The second-order valence-corrected chi connectivity index (χ2v) is 7.81. The summed E-state index contributed by atoms with van der Waals surface area (Å²) in [5, 5.41) is 21.5. The Labute approximate surface area is 195 Å². The van der Waals surface area contributed by atoms with Crippen LogP contribution in [0.5, 0.6) is 23.0 Å². The predicted molar refractivity (Wildman–Crippen MR) is 127 cm³/mol. The summed E-state index contributed by atoms with van der Waals surface area (Å²) in [6.07, 6.45) is 3.86. The Morgan fingerprint density at radius 1 is 0.909 bits per heavy atom. The van der Waals surface area contributed by atoms with Gasteiger partial charge in [0.1, 0.15) is 10.8 Å². The molecule has 0 bridgehead atoms. The first kappa shape index (κ1) is 23.7. The van der Waals surface area contributed by atoms with Gasteiger partial charge in [0.25, 0.3) is 0 Å². The van der Waals surface area contributed by atoms with Crippen molar-refractivity contribution in [2.24, 2.45) is 0 Å². The second-order valence-electron chi connectivity index (χ2n) is 6.95. The van der Waals surface area contributed by atoms with Crippen LogP contribution in [-0.4, -0.2) is 40.2 Å². The third kappa shape index (κ3) is 6.78. The van der Waals surface area contributed by atoms with Crippen LogP contribution in [-0.2, 0) is 17.6 Å². The third-order valence-electron chi connectivity index (χ3n) is 4.57. The van der Waals surface area contributed by atoms with Gasteiger partial charge in [-0.1, -0.05) is 12.1 Å². The minimum Gasteiger partial charge on any atom is -0.504 e. The lowest BCUT2D eigenvalue weighted by Gasteiger charge is -2.08. The smallest absolute Gasteiger partial charge is 0.161 e. The fourth-order valence-corrected chi connectivity index (χ4v) is 3.79. The van der Waals surface area contributed by atoms with E-state index in [1.807, 2.05) is 41.8 Å². The molecule has 4 rings (SSSR count). The molecule has 8 heteroatoms. The number of methoxy groups -OCH3 is 2.